The maximum Gasteiger partial charge on any atom is 0.230 e. The number of amides is 1. The van der Waals surface area contributed by atoms with Gasteiger partial charge in [-0.1, -0.05) is 18.2 Å². The molecule has 1 aromatic carbocycles. The molecule has 23 heavy (non-hydrogen) atoms. The van der Waals surface area contributed by atoms with Gasteiger partial charge >= 0.3 is 0 Å². The minimum absolute atomic E-state index is 0.0828. The zero-order chi connectivity index (χ0) is 16.2. The average Bonchev–Trinajstić information content (AvgIpc) is 2.91. The SMILES string of the molecule is COCc1cccc(NC(=O)Cc2cn3cccc(C)c3n2)c1. The highest BCUT2D eigenvalue weighted by Gasteiger charge is 2.09. The second-order valence-electron chi connectivity index (χ2n) is 5.51. The van der Waals surface area contributed by atoms with Crippen molar-refractivity contribution in [3.63, 3.8) is 0 Å². The summed E-state index contributed by atoms with van der Waals surface area (Å²) in [7, 11) is 1.65. The highest BCUT2D eigenvalue weighted by Crippen LogP contribution is 2.13. The second kappa shape index (κ2) is 6.62. The van der Waals surface area contributed by atoms with Gasteiger partial charge in [0.15, 0.2) is 0 Å². The number of methoxy groups -OCH3 is 1. The standard InChI is InChI=1S/C18H19N3O2/c1-13-5-4-8-21-11-16(20-18(13)21)10-17(22)19-15-7-3-6-14(9-15)12-23-2/h3-9,11H,10,12H2,1-2H3,(H,19,22). The van der Waals surface area contributed by atoms with Gasteiger partial charge in [-0.25, -0.2) is 4.98 Å². The van der Waals surface area contributed by atoms with Crippen molar-refractivity contribution in [3.05, 3.63) is 65.6 Å². The van der Waals surface area contributed by atoms with Gasteiger partial charge in [0.1, 0.15) is 5.65 Å². The van der Waals surface area contributed by atoms with Gasteiger partial charge in [0.05, 0.1) is 18.7 Å². The van der Waals surface area contributed by atoms with E-state index in [0.717, 1.165) is 28.2 Å². The van der Waals surface area contributed by atoms with Crippen LogP contribution in [0.25, 0.3) is 5.65 Å². The number of aromatic nitrogens is 2. The normalized spacial score (nSPS) is 10.9. The van der Waals surface area contributed by atoms with Crippen molar-refractivity contribution < 1.29 is 9.53 Å². The van der Waals surface area contributed by atoms with E-state index < -0.39 is 0 Å². The Bertz CT molecular complexity index is 839. The molecule has 0 aliphatic rings. The molecule has 3 aromatic rings. The Hall–Kier alpha value is -2.66. The summed E-state index contributed by atoms with van der Waals surface area (Å²) in [5.41, 5.74) is 4.52. The number of rotatable bonds is 5. The Morgan fingerprint density at radius 3 is 2.96 bits per heavy atom. The average molecular weight is 309 g/mol. The smallest absolute Gasteiger partial charge is 0.230 e. The van der Waals surface area contributed by atoms with Crippen LogP contribution in [0.15, 0.2) is 48.8 Å². The van der Waals surface area contributed by atoms with E-state index in [9.17, 15) is 4.79 Å². The quantitative estimate of drug-likeness (QED) is 0.788. The molecular formula is C18H19N3O2. The van der Waals surface area contributed by atoms with Crippen LogP contribution in [0.1, 0.15) is 16.8 Å². The predicted molar refractivity (Wildman–Crippen MR) is 89.4 cm³/mol. The molecule has 0 unspecified atom stereocenters. The van der Waals surface area contributed by atoms with Gasteiger partial charge in [0.2, 0.25) is 5.91 Å². The van der Waals surface area contributed by atoms with E-state index in [1.165, 1.54) is 0 Å². The van der Waals surface area contributed by atoms with Gasteiger partial charge in [-0.05, 0) is 36.2 Å². The van der Waals surface area contributed by atoms with Crippen LogP contribution in [0.5, 0.6) is 0 Å². The molecule has 0 fully saturated rings. The van der Waals surface area contributed by atoms with E-state index >= 15 is 0 Å². The van der Waals surface area contributed by atoms with E-state index in [2.05, 4.69) is 10.3 Å². The molecule has 1 amide bonds. The van der Waals surface area contributed by atoms with Crippen LogP contribution in [0, 0.1) is 6.92 Å². The van der Waals surface area contributed by atoms with Gasteiger partial charge in [-0.2, -0.15) is 0 Å². The van der Waals surface area contributed by atoms with Gasteiger partial charge in [-0.15, -0.1) is 0 Å². The summed E-state index contributed by atoms with van der Waals surface area (Å²) in [6.07, 6.45) is 4.07. The third-order valence-electron chi connectivity index (χ3n) is 3.59. The Morgan fingerprint density at radius 1 is 1.30 bits per heavy atom. The van der Waals surface area contributed by atoms with Crippen molar-refractivity contribution in [2.45, 2.75) is 20.0 Å². The van der Waals surface area contributed by atoms with Crippen molar-refractivity contribution >= 4 is 17.2 Å². The molecule has 0 radical (unpaired) electrons. The number of ether oxygens (including phenoxy) is 1. The number of benzene rings is 1. The van der Waals surface area contributed by atoms with Crippen LogP contribution in [-0.4, -0.2) is 22.4 Å². The number of anilines is 1. The highest BCUT2D eigenvalue weighted by atomic mass is 16.5. The van der Waals surface area contributed by atoms with Crippen molar-refractivity contribution in [3.8, 4) is 0 Å². The zero-order valence-corrected chi connectivity index (χ0v) is 13.2. The van der Waals surface area contributed by atoms with Crippen LogP contribution in [0.3, 0.4) is 0 Å². The number of aryl methyl sites for hydroxylation is 1. The third-order valence-corrected chi connectivity index (χ3v) is 3.59. The summed E-state index contributed by atoms with van der Waals surface area (Å²) in [5.74, 6) is -0.0828. The fourth-order valence-corrected chi connectivity index (χ4v) is 2.56. The fraction of sp³-hybridized carbons (Fsp3) is 0.222. The summed E-state index contributed by atoms with van der Waals surface area (Å²) in [5, 5.41) is 2.90. The molecule has 3 rings (SSSR count). The Kier molecular flexibility index (Phi) is 4.39. The lowest BCUT2D eigenvalue weighted by atomic mass is 10.2. The maximum absolute atomic E-state index is 12.2. The van der Waals surface area contributed by atoms with Gasteiger partial charge in [-0.3, -0.25) is 4.79 Å². The predicted octanol–water partition coefficient (Wildman–Crippen LogP) is 2.97. The molecule has 0 aliphatic heterocycles. The number of carbonyl (C=O) groups is 1. The first kappa shape index (κ1) is 15.2. The molecule has 0 saturated carbocycles. The molecule has 0 saturated heterocycles. The van der Waals surface area contributed by atoms with Crippen molar-refractivity contribution in [2.75, 3.05) is 12.4 Å². The van der Waals surface area contributed by atoms with Crippen molar-refractivity contribution in [2.24, 2.45) is 0 Å². The van der Waals surface area contributed by atoms with Gasteiger partial charge in [0.25, 0.3) is 0 Å². The lowest BCUT2D eigenvalue weighted by Gasteiger charge is -2.06. The third kappa shape index (κ3) is 3.57. The molecule has 118 valence electrons. The minimum atomic E-state index is -0.0828. The zero-order valence-electron chi connectivity index (χ0n) is 13.2. The molecule has 5 heteroatoms. The molecule has 0 atom stereocenters. The number of imidazole rings is 1. The van der Waals surface area contributed by atoms with Crippen LogP contribution < -0.4 is 5.32 Å². The van der Waals surface area contributed by atoms with Crippen molar-refractivity contribution in [1.82, 2.24) is 9.38 Å². The van der Waals surface area contributed by atoms with Gasteiger partial charge in [0, 0.05) is 25.2 Å². The van der Waals surface area contributed by atoms with Crippen LogP contribution in [-0.2, 0) is 22.6 Å². The Morgan fingerprint density at radius 2 is 2.17 bits per heavy atom. The summed E-state index contributed by atoms with van der Waals surface area (Å²) in [4.78, 5) is 16.7. The van der Waals surface area contributed by atoms with Gasteiger partial charge < -0.3 is 14.5 Å². The fourth-order valence-electron chi connectivity index (χ4n) is 2.56. The molecule has 2 aromatic heterocycles. The maximum atomic E-state index is 12.2. The molecule has 0 bridgehead atoms. The largest absolute Gasteiger partial charge is 0.380 e. The highest BCUT2D eigenvalue weighted by molar-refractivity contribution is 5.92. The van der Waals surface area contributed by atoms with E-state index in [4.69, 9.17) is 4.74 Å². The summed E-state index contributed by atoms with van der Waals surface area (Å²) >= 11 is 0. The number of hydrogen-bond donors (Lipinski definition) is 1. The number of pyridine rings is 1. The number of hydrogen-bond acceptors (Lipinski definition) is 3. The molecule has 5 nitrogen and oxygen atoms in total. The van der Waals surface area contributed by atoms with E-state index in [1.807, 2.05) is 60.1 Å². The van der Waals surface area contributed by atoms with E-state index in [-0.39, 0.29) is 12.3 Å². The van der Waals surface area contributed by atoms with E-state index in [1.54, 1.807) is 7.11 Å². The van der Waals surface area contributed by atoms with Crippen LogP contribution in [0.4, 0.5) is 5.69 Å². The molecule has 0 spiro atoms. The lowest BCUT2D eigenvalue weighted by molar-refractivity contribution is -0.115. The molecular weight excluding hydrogens is 290 g/mol. The number of nitrogens with zero attached hydrogens (tertiary/aromatic N) is 2. The summed E-state index contributed by atoms with van der Waals surface area (Å²) in [6.45, 7) is 2.53. The first-order valence-electron chi connectivity index (χ1n) is 7.46. The van der Waals surface area contributed by atoms with Crippen molar-refractivity contribution in [1.29, 1.82) is 0 Å². The number of fused-ring (bicyclic) bond motifs is 1. The number of nitrogens with one attached hydrogen (secondary N) is 1. The van der Waals surface area contributed by atoms with E-state index in [0.29, 0.717) is 6.61 Å². The monoisotopic (exact) mass is 309 g/mol. The van der Waals surface area contributed by atoms with Crippen LogP contribution >= 0.6 is 0 Å². The Labute approximate surface area is 134 Å². The Balaban J connectivity index is 1.71. The molecule has 0 aliphatic carbocycles. The number of carbonyl (C=O) groups excluding carboxylic acids is 1. The van der Waals surface area contributed by atoms with Crippen LogP contribution in [0.2, 0.25) is 0 Å². The minimum Gasteiger partial charge on any atom is -0.380 e. The molecule has 1 N–H and O–H groups in total. The topological polar surface area (TPSA) is 55.6 Å². The first-order chi connectivity index (χ1) is 11.2. The summed E-state index contributed by atoms with van der Waals surface area (Å²) in [6, 6.07) is 11.6. The molecule has 2 heterocycles. The summed E-state index contributed by atoms with van der Waals surface area (Å²) < 4.78 is 7.04. The first-order valence-corrected chi connectivity index (χ1v) is 7.46. The lowest BCUT2D eigenvalue weighted by Crippen LogP contribution is -2.14. The second-order valence-corrected chi connectivity index (χ2v) is 5.51.